The predicted molar refractivity (Wildman–Crippen MR) is 97.3 cm³/mol. The number of hydrogen-bond acceptors (Lipinski definition) is 3. The molecule has 0 aromatic carbocycles. The van der Waals surface area contributed by atoms with Gasteiger partial charge in [-0.3, -0.25) is 9.89 Å². The summed E-state index contributed by atoms with van der Waals surface area (Å²) in [6.07, 6.45) is -3.33. The summed E-state index contributed by atoms with van der Waals surface area (Å²) in [6, 6.07) is 2.11. The van der Waals surface area contributed by atoms with Gasteiger partial charge in [-0.2, -0.15) is 24.5 Å². The van der Waals surface area contributed by atoms with Gasteiger partial charge in [0.1, 0.15) is 0 Å². The van der Waals surface area contributed by atoms with Crippen molar-refractivity contribution in [3.05, 3.63) is 22.4 Å². The van der Waals surface area contributed by atoms with E-state index in [0.29, 0.717) is 32.1 Å². The van der Waals surface area contributed by atoms with Gasteiger partial charge >= 0.3 is 6.18 Å². The van der Waals surface area contributed by atoms with Gasteiger partial charge in [0.05, 0.1) is 6.54 Å². The maximum absolute atomic E-state index is 12.5. The number of nitrogens with one attached hydrogen (secondary N) is 2. The Hall–Kier alpha value is -1.28. The van der Waals surface area contributed by atoms with E-state index in [0.717, 1.165) is 18.9 Å². The zero-order chi connectivity index (χ0) is 18.3. The van der Waals surface area contributed by atoms with Crippen molar-refractivity contribution in [1.29, 1.82) is 0 Å². The third kappa shape index (κ3) is 7.23. The van der Waals surface area contributed by atoms with Crippen LogP contribution in [-0.4, -0.2) is 56.3 Å². The largest absolute Gasteiger partial charge is 0.401 e. The van der Waals surface area contributed by atoms with Crippen LogP contribution >= 0.6 is 11.3 Å². The average Bonchev–Trinajstić information content (AvgIpc) is 3.20. The normalized spacial score (nSPS) is 20.7. The second-order valence-electron chi connectivity index (χ2n) is 6.56. The van der Waals surface area contributed by atoms with Gasteiger partial charge in [-0.15, -0.1) is 0 Å². The number of likely N-dealkylation sites (tertiary alicyclic amines) is 1. The summed E-state index contributed by atoms with van der Waals surface area (Å²) in [6.45, 7) is 6.40. The molecule has 1 aromatic rings. The molecule has 1 fully saturated rings. The molecular weight excluding hydrogens is 349 g/mol. The van der Waals surface area contributed by atoms with Gasteiger partial charge in [-0.05, 0) is 48.2 Å². The van der Waals surface area contributed by atoms with Crippen LogP contribution in [0.5, 0.6) is 0 Å². The van der Waals surface area contributed by atoms with E-state index in [2.05, 4.69) is 39.4 Å². The summed E-state index contributed by atoms with van der Waals surface area (Å²) in [4.78, 5) is 6.10. The second kappa shape index (κ2) is 9.43. The standard InChI is InChI=1S/C17H27F3N4S/c1-3-21-16(22-8-13(2)15-5-7-25-11-15)23-9-14-4-6-24(10-14)12-17(18,19)20/h5,7,11,13-14H,3-4,6,8-10,12H2,1-2H3,(H2,21,22,23). The Kier molecular flexibility index (Phi) is 7.56. The van der Waals surface area contributed by atoms with Crippen LogP contribution in [0, 0.1) is 5.92 Å². The Labute approximate surface area is 151 Å². The number of guanidine groups is 1. The summed E-state index contributed by atoms with van der Waals surface area (Å²) in [7, 11) is 0. The topological polar surface area (TPSA) is 39.7 Å². The maximum atomic E-state index is 12.5. The van der Waals surface area contributed by atoms with Crippen LogP contribution in [0.1, 0.15) is 31.7 Å². The number of nitrogens with zero attached hydrogens (tertiary/aromatic N) is 2. The molecule has 0 bridgehead atoms. The maximum Gasteiger partial charge on any atom is 0.401 e. The molecule has 0 aliphatic carbocycles. The molecule has 1 aliphatic rings. The van der Waals surface area contributed by atoms with Crippen LogP contribution in [0.2, 0.25) is 0 Å². The summed E-state index contributed by atoms with van der Waals surface area (Å²) in [5.74, 6) is 1.30. The molecule has 1 aromatic heterocycles. The van der Waals surface area contributed by atoms with E-state index < -0.39 is 12.7 Å². The van der Waals surface area contributed by atoms with Crippen molar-refractivity contribution in [2.24, 2.45) is 10.9 Å². The predicted octanol–water partition coefficient (Wildman–Crippen LogP) is 3.29. The van der Waals surface area contributed by atoms with Gasteiger partial charge in [0.25, 0.3) is 0 Å². The minimum absolute atomic E-state index is 0.223. The third-order valence-electron chi connectivity index (χ3n) is 4.31. The fourth-order valence-corrected chi connectivity index (χ4v) is 3.73. The molecule has 2 heterocycles. The van der Waals surface area contributed by atoms with E-state index >= 15 is 0 Å². The molecule has 0 saturated carbocycles. The lowest BCUT2D eigenvalue weighted by Crippen LogP contribution is -2.41. The fraction of sp³-hybridized carbons (Fsp3) is 0.706. The highest BCUT2D eigenvalue weighted by atomic mass is 32.1. The number of halogens is 3. The number of aliphatic imine (C=N–C) groups is 1. The summed E-state index contributed by atoms with van der Waals surface area (Å²) in [5, 5.41) is 10.7. The monoisotopic (exact) mass is 376 g/mol. The van der Waals surface area contributed by atoms with E-state index in [1.165, 1.54) is 10.5 Å². The zero-order valence-electron chi connectivity index (χ0n) is 14.8. The Morgan fingerprint density at radius 3 is 2.88 bits per heavy atom. The first-order valence-corrected chi connectivity index (χ1v) is 9.65. The molecule has 25 heavy (non-hydrogen) atoms. The molecule has 1 saturated heterocycles. The van der Waals surface area contributed by atoms with Crippen LogP contribution in [0.15, 0.2) is 21.8 Å². The highest BCUT2D eigenvalue weighted by Gasteiger charge is 2.34. The molecule has 0 radical (unpaired) electrons. The van der Waals surface area contributed by atoms with Crippen molar-refractivity contribution in [2.45, 2.75) is 32.4 Å². The molecule has 0 amide bonds. The molecule has 4 nitrogen and oxygen atoms in total. The quantitative estimate of drug-likeness (QED) is 0.567. The Balaban J connectivity index is 1.78. The molecule has 2 rings (SSSR count). The molecule has 2 atom stereocenters. The van der Waals surface area contributed by atoms with Crippen molar-refractivity contribution in [2.75, 3.05) is 39.3 Å². The first-order chi connectivity index (χ1) is 11.9. The number of hydrogen-bond donors (Lipinski definition) is 2. The minimum Gasteiger partial charge on any atom is -0.357 e. The van der Waals surface area contributed by atoms with E-state index in [1.807, 2.05) is 6.92 Å². The molecule has 8 heteroatoms. The van der Waals surface area contributed by atoms with Gasteiger partial charge in [-0.25, -0.2) is 0 Å². The molecule has 0 spiro atoms. The Bertz CT molecular complexity index is 530. The van der Waals surface area contributed by atoms with Crippen molar-refractivity contribution < 1.29 is 13.2 Å². The lowest BCUT2D eigenvalue weighted by Gasteiger charge is -2.19. The highest BCUT2D eigenvalue weighted by molar-refractivity contribution is 7.07. The SMILES string of the molecule is CCNC(=NCC(C)c1ccsc1)NCC1CCN(CC(F)(F)F)C1. The lowest BCUT2D eigenvalue weighted by atomic mass is 10.1. The van der Waals surface area contributed by atoms with Crippen molar-refractivity contribution in [1.82, 2.24) is 15.5 Å². The van der Waals surface area contributed by atoms with Gasteiger partial charge < -0.3 is 10.6 Å². The van der Waals surface area contributed by atoms with Gasteiger partial charge in [0.15, 0.2) is 5.96 Å². The van der Waals surface area contributed by atoms with Crippen molar-refractivity contribution in [3.8, 4) is 0 Å². The third-order valence-corrected chi connectivity index (χ3v) is 5.01. The average molecular weight is 376 g/mol. The molecular formula is C17H27F3N4S. The minimum atomic E-state index is -4.11. The molecule has 2 unspecified atom stereocenters. The van der Waals surface area contributed by atoms with Gasteiger partial charge in [-0.1, -0.05) is 6.92 Å². The van der Waals surface area contributed by atoms with Crippen LogP contribution in [0.3, 0.4) is 0 Å². The molecule has 142 valence electrons. The van der Waals surface area contributed by atoms with Gasteiger partial charge in [0, 0.05) is 32.1 Å². The number of alkyl halides is 3. The number of rotatable bonds is 7. The van der Waals surface area contributed by atoms with Gasteiger partial charge in [0.2, 0.25) is 0 Å². The van der Waals surface area contributed by atoms with Crippen LogP contribution < -0.4 is 10.6 Å². The van der Waals surface area contributed by atoms with E-state index in [1.54, 1.807) is 11.3 Å². The van der Waals surface area contributed by atoms with Crippen molar-refractivity contribution in [3.63, 3.8) is 0 Å². The Morgan fingerprint density at radius 2 is 2.24 bits per heavy atom. The van der Waals surface area contributed by atoms with E-state index in [4.69, 9.17) is 0 Å². The lowest BCUT2D eigenvalue weighted by molar-refractivity contribution is -0.143. The van der Waals surface area contributed by atoms with E-state index in [9.17, 15) is 13.2 Å². The second-order valence-corrected chi connectivity index (χ2v) is 7.34. The van der Waals surface area contributed by atoms with E-state index in [-0.39, 0.29) is 5.92 Å². The van der Waals surface area contributed by atoms with Crippen LogP contribution in [0.25, 0.3) is 0 Å². The highest BCUT2D eigenvalue weighted by Crippen LogP contribution is 2.22. The first kappa shape index (κ1) is 20.0. The summed E-state index contributed by atoms with van der Waals surface area (Å²) in [5.41, 5.74) is 1.28. The Morgan fingerprint density at radius 1 is 1.44 bits per heavy atom. The number of thiophene rings is 1. The first-order valence-electron chi connectivity index (χ1n) is 8.70. The van der Waals surface area contributed by atoms with Crippen LogP contribution in [-0.2, 0) is 0 Å². The van der Waals surface area contributed by atoms with Crippen molar-refractivity contribution >= 4 is 17.3 Å². The smallest absolute Gasteiger partial charge is 0.357 e. The zero-order valence-corrected chi connectivity index (χ0v) is 15.6. The van der Waals surface area contributed by atoms with Crippen LogP contribution in [0.4, 0.5) is 13.2 Å². The summed E-state index contributed by atoms with van der Waals surface area (Å²) >= 11 is 1.68. The molecule has 1 aliphatic heterocycles. The summed E-state index contributed by atoms with van der Waals surface area (Å²) < 4.78 is 37.4. The molecule has 2 N–H and O–H groups in total. The fourth-order valence-electron chi connectivity index (χ4n) is 2.95.